The van der Waals surface area contributed by atoms with E-state index in [4.69, 9.17) is 14.6 Å². The van der Waals surface area contributed by atoms with Gasteiger partial charge in [0.25, 0.3) is 0 Å². The highest BCUT2D eigenvalue weighted by Crippen LogP contribution is 2.49. The quantitative estimate of drug-likeness (QED) is 0.333. The zero-order valence-corrected chi connectivity index (χ0v) is 21.4. The second kappa shape index (κ2) is 11.2. The number of ether oxygens (including phenoxy) is 2. The highest BCUT2D eigenvalue weighted by molar-refractivity contribution is 5.71. The zero-order chi connectivity index (χ0) is 25.7. The normalized spacial score (nSPS) is 16.9. The lowest BCUT2D eigenvalue weighted by atomic mass is 9.65. The molecule has 1 aliphatic carbocycles. The standard InChI is InChI=1S/C31H35FO4/c1-31(2)16-5-4-9-28(31)26-18-22(10-13-25(26)27-19-23(35-3)12-14-29(27)32)20-36-24-8-6-7-21(17-24)11-15-30(33)34/h6-8,10,12-14,17-19,28H,4-5,9,11,15-16,20H2,1-3H3,(H,33,34). The van der Waals surface area contributed by atoms with Crippen LogP contribution in [0.1, 0.15) is 68.6 Å². The molecule has 4 nitrogen and oxygen atoms in total. The third-order valence-corrected chi connectivity index (χ3v) is 7.39. The maximum Gasteiger partial charge on any atom is 0.303 e. The van der Waals surface area contributed by atoms with Gasteiger partial charge in [0.15, 0.2) is 0 Å². The lowest BCUT2D eigenvalue weighted by Crippen LogP contribution is -2.26. The van der Waals surface area contributed by atoms with Crippen LogP contribution in [0.25, 0.3) is 11.1 Å². The van der Waals surface area contributed by atoms with Crippen molar-refractivity contribution in [2.24, 2.45) is 5.41 Å². The van der Waals surface area contributed by atoms with E-state index in [1.165, 1.54) is 12.5 Å². The lowest BCUT2D eigenvalue weighted by molar-refractivity contribution is -0.136. The van der Waals surface area contributed by atoms with Crippen LogP contribution in [0.15, 0.2) is 60.7 Å². The van der Waals surface area contributed by atoms with Crippen LogP contribution in [-0.2, 0) is 17.8 Å². The van der Waals surface area contributed by atoms with Crippen molar-refractivity contribution in [3.63, 3.8) is 0 Å². The van der Waals surface area contributed by atoms with Gasteiger partial charge in [-0.3, -0.25) is 4.79 Å². The van der Waals surface area contributed by atoms with Gasteiger partial charge in [-0.15, -0.1) is 0 Å². The van der Waals surface area contributed by atoms with Crippen LogP contribution in [0.2, 0.25) is 0 Å². The number of hydrogen-bond acceptors (Lipinski definition) is 3. The van der Waals surface area contributed by atoms with Gasteiger partial charge >= 0.3 is 5.97 Å². The summed E-state index contributed by atoms with van der Waals surface area (Å²) >= 11 is 0. The van der Waals surface area contributed by atoms with Crippen LogP contribution in [0.3, 0.4) is 0 Å². The molecule has 0 radical (unpaired) electrons. The lowest BCUT2D eigenvalue weighted by Gasteiger charge is -2.40. The van der Waals surface area contributed by atoms with E-state index >= 15 is 4.39 Å². The Kier molecular flexibility index (Phi) is 7.97. The Morgan fingerprint density at radius 3 is 2.58 bits per heavy atom. The minimum atomic E-state index is -0.813. The van der Waals surface area contributed by atoms with Crippen molar-refractivity contribution in [2.75, 3.05) is 7.11 Å². The number of carbonyl (C=O) groups is 1. The van der Waals surface area contributed by atoms with Gasteiger partial charge in [0.05, 0.1) is 7.11 Å². The highest BCUT2D eigenvalue weighted by atomic mass is 19.1. The highest BCUT2D eigenvalue weighted by Gasteiger charge is 2.35. The summed E-state index contributed by atoms with van der Waals surface area (Å²) in [5.41, 5.74) is 4.69. The van der Waals surface area contributed by atoms with Crippen molar-refractivity contribution in [1.29, 1.82) is 0 Å². The smallest absolute Gasteiger partial charge is 0.303 e. The Morgan fingerprint density at radius 1 is 1.00 bits per heavy atom. The number of halogens is 1. The van der Waals surface area contributed by atoms with Crippen LogP contribution >= 0.6 is 0 Å². The summed E-state index contributed by atoms with van der Waals surface area (Å²) in [5.74, 6) is 0.585. The van der Waals surface area contributed by atoms with Crippen molar-refractivity contribution in [1.82, 2.24) is 0 Å². The molecule has 0 spiro atoms. The van der Waals surface area contributed by atoms with Gasteiger partial charge in [0.2, 0.25) is 0 Å². The molecule has 4 rings (SSSR count). The van der Waals surface area contributed by atoms with Crippen molar-refractivity contribution in [3.05, 3.63) is 83.2 Å². The summed E-state index contributed by atoms with van der Waals surface area (Å²) in [6.07, 6.45) is 5.15. The Balaban J connectivity index is 1.65. The molecule has 0 amide bonds. The van der Waals surface area contributed by atoms with Crippen LogP contribution in [0.4, 0.5) is 4.39 Å². The maximum absolute atomic E-state index is 15.0. The van der Waals surface area contributed by atoms with Crippen LogP contribution in [-0.4, -0.2) is 18.2 Å². The molecule has 1 aliphatic rings. The number of hydrogen-bond donors (Lipinski definition) is 1. The van der Waals surface area contributed by atoms with Gasteiger partial charge in [-0.05, 0) is 83.2 Å². The molecule has 5 heteroatoms. The number of carboxylic acids is 1. The second-order valence-corrected chi connectivity index (χ2v) is 10.4. The number of carboxylic acid groups (broad SMARTS) is 1. The summed E-state index contributed by atoms with van der Waals surface area (Å²) in [6, 6.07) is 18.7. The van der Waals surface area contributed by atoms with Crippen LogP contribution < -0.4 is 9.47 Å². The van der Waals surface area contributed by atoms with Gasteiger partial charge in [-0.25, -0.2) is 4.39 Å². The number of methoxy groups -OCH3 is 1. The third kappa shape index (κ3) is 6.07. The van der Waals surface area contributed by atoms with Crippen molar-refractivity contribution in [3.8, 4) is 22.6 Å². The average molecular weight is 491 g/mol. The van der Waals surface area contributed by atoms with E-state index in [0.29, 0.717) is 36.0 Å². The fourth-order valence-electron chi connectivity index (χ4n) is 5.35. The molecular weight excluding hydrogens is 455 g/mol. The zero-order valence-electron chi connectivity index (χ0n) is 21.4. The summed E-state index contributed by atoms with van der Waals surface area (Å²) < 4.78 is 26.5. The minimum Gasteiger partial charge on any atom is -0.497 e. The minimum absolute atomic E-state index is 0.0896. The predicted octanol–water partition coefficient (Wildman–Crippen LogP) is 7.78. The van der Waals surface area contributed by atoms with Gasteiger partial charge < -0.3 is 14.6 Å². The third-order valence-electron chi connectivity index (χ3n) is 7.39. The summed E-state index contributed by atoms with van der Waals surface area (Å²) in [7, 11) is 1.60. The monoisotopic (exact) mass is 490 g/mol. The molecule has 3 aromatic rings. The topological polar surface area (TPSA) is 55.8 Å². The number of benzene rings is 3. The molecule has 0 aliphatic heterocycles. The van der Waals surface area contributed by atoms with Gasteiger partial charge in [0.1, 0.15) is 23.9 Å². The van der Waals surface area contributed by atoms with Crippen molar-refractivity contribution < 1.29 is 23.8 Å². The first-order valence-corrected chi connectivity index (χ1v) is 12.7. The number of aliphatic carboxylic acids is 1. The first-order valence-electron chi connectivity index (χ1n) is 12.7. The van der Waals surface area contributed by atoms with E-state index < -0.39 is 5.97 Å². The van der Waals surface area contributed by atoms with E-state index in [9.17, 15) is 4.79 Å². The molecule has 3 aromatic carbocycles. The van der Waals surface area contributed by atoms with E-state index in [1.54, 1.807) is 19.2 Å². The van der Waals surface area contributed by atoms with Crippen molar-refractivity contribution in [2.45, 2.75) is 64.9 Å². The summed E-state index contributed by atoms with van der Waals surface area (Å²) in [6.45, 7) is 5.01. The molecule has 1 unspecified atom stereocenters. The molecule has 0 heterocycles. The van der Waals surface area contributed by atoms with E-state index in [-0.39, 0.29) is 17.7 Å². The molecule has 1 saturated carbocycles. The first kappa shape index (κ1) is 25.7. The fourth-order valence-corrected chi connectivity index (χ4v) is 5.35. The van der Waals surface area contributed by atoms with Crippen LogP contribution in [0.5, 0.6) is 11.5 Å². The summed E-state index contributed by atoms with van der Waals surface area (Å²) in [5, 5.41) is 8.96. The molecule has 36 heavy (non-hydrogen) atoms. The number of rotatable bonds is 9. The van der Waals surface area contributed by atoms with Gasteiger partial charge in [-0.1, -0.05) is 57.0 Å². The molecular formula is C31H35FO4. The summed E-state index contributed by atoms with van der Waals surface area (Å²) in [4.78, 5) is 10.9. The molecule has 0 saturated heterocycles. The molecule has 1 N–H and O–H groups in total. The van der Waals surface area contributed by atoms with E-state index in [0.717, 1.165) is 41.5 Å². The molecule has 0 bridgehead atoms. The second-order valence-electron chi connectivity index (χ2n) is 10.4. The fraction of sp³-hybridized carbons (Fsp3) is 0.387. The maximum atomic E-state index is 15.0. The Morgan fingerprint density at radius 2 is 1.83 bits per heavy atom. The first-order chi connectivity index (χ1) is 17.3. The van der Waals surface area contributed by atoms with E-state index in [2.05, 4.69) is 19.9 Å². The Bertz CT molecular complexity index is 1220. The molecule has 0 aromatic heterocycles. The van der Waals surface area contributed by atoms with Gasteiger partial charge in [-0.2, -0.15) is 0 Å². The predicted molar refractivity (Wildman–Crippen MR) is 140 cm³/mol. The van der Waals surface area contributed by atoms with Crippen LogP contribution in [0, 0.1) is 11.2 Å². The Labute approximate surface area is 213 Å². The molecule has 1 atom stereocenters. The van der Waals surface area contributed by atoms with E-state index in [1.807, 2.05) is 36.4 Å². The average Bonchev–Trinajstić information content (AvgIpc) is 2.86. The molecule has 1 fully saturated rings. The van der Waals surface area contributed by atoms with Gasteiger partial charge in [0, 0.05) is 12.0 Å². The largest absolute Gasteiger partial charge is 0.497 e. The Hall–Kier alpha value is -3.34. The molecule has 190 valence electrons. The van der Waals surface area contributed by atoms with Crippen molar-refractivity contribution >= 4 is 5.97 Å². The number of aryl methyl sites for hydroxylation is 1. The SMILES string of the molecule is COc1ccc(F)c(-c2ccc(COc3cccc(CCC(=O)O)c3)cc2C2CCCCC2(C)C)c1.